The fourth-order valence-corrected chi connectivity index (χ4v) is 4.34. The van der Waals surface area contributed by atoms with Crippen LogP contribution in [0.25, 0.3) is 11.1 Å². The minimum Gasteiger partial charge on any atom is -0.376 e. The summed E-state index contributed by atoms with van der Waals surface area (Å²) in [6.07, 6.45) is 5.56. The van der Waals surface area contributed by atoms with Crippen molar-refractivity contribution in [3.8, 4) is 11.1 Å². The summed E-state index contributed by atoms with van der Waals surface area (Å²) in [6, 6.07) is 6.53. The zero-order valence-electron chi connectivity index (χ0n) is 18.8. The standard InChI is InChI=1S/C24H31FN4O3/c1-28(2)24-26-14-21(18-5-3-6-19(25)13-18)23(27-24)17-8-10-29(11-9-17)22(30)16-31-15-20-7-4-12-32-20/h3,5-6,13-14,17,20H,4,7-12,15-16H2,1-2H3. The van der Waals surface area contributed by atoms with Crippen LogP contribution in [0, 0.1) is 5.82 Å². The summed E-state index contributed by atoms with van der Waals surface area (Å²) in [5.41, 5.74) is 2.53. The van der Waals surface area contributed by atoms with E-state index in [-0.39, 0.29) is 30.4 Å². The highest BCUT2D eigenvalue weighted by Gasteiger charge is 2.28. The third kappa shape index (κ3) is 5.42. The maximum atomic E-state index is 13.9. The average molecular weight is 443 g/mol. The number of hydrogen-bond donors (Lipinski definition) is 0. The Labute approximate surface area is 188 Å². The van der Waals surface area contributed by atoms with Gasteiger partial charge in [0.2, 0.25) is 11.9 Å². The number of ether oxygens (including phenoxy) is 2. The van der Waals surface area contributed by atoms with Crippen molar-refractivity contribution in [3.05, 3.63) is 42.0 Å². The maximum absolute atomic E-state index is 13.9. The Bertz CT molecular complexity index is 925. The molecule has 2 aliphatic rings. The molecule has 1 amide bonds. The molecule has 172 valence electrons. The highest BCUT2D eigenvalue weighted by atomic mass is 19.1. The molecule has 1 aromatic carbocycles. The highest BCUT2D eigenvalue weighted by molar-refractivity contribution is 5.77. The smallest absolute Gasteiger partial charge is 0.248 e. The number of likely N-dealkylation sites (tertiary alicyclic amines) is 1. The average Bonchev–Trinajstić information content (AvgIpc) is 3.32. The van der Waals surface area contributed by atoms with E-state index >= 15 is 0 Å². The molecular weight excluding hydrogens is 411 g/mol. The summed E-state index contributed by atoms with van der Waals surface area (Å²) in [6.45, 7) is 2.66. The van der Waals surface area contributed by atoms with Gasteiger partial charge in [-0.05, 0) is 43.4 Å². The number of hydrogen-bond acceptors (Lipinski definition) is 6. The fourth-order valence-electron chi connectivity index (χ4n) is 4.34. The van der Waals surface area contributed by atoms with Crippen molar-refractivity contribution in [3.63, 3.8) is 0 Å². The van der Waals surface area contributed by atoms with Gasteiger partial charge >= 0.3 is 0 Å². The first-order chi connectivity index (χ1) is 15.5. The van der Waals surface area contributed by atoms with E-state index in [9.17, 15) is 9.18 Å². The van der Waals surface area contributed by atoms with Crippen molar-refractivity contribution >= 4 is 11.9 Å². The molecule has 1 unspecified atom stereocenters. The molecule has 0 saturated carbocycles. The molecule has 0 aliphatic carbocycles. The Morgan fingerprint density at radius 3 is 2.78 bits per heavy atom. The van der Waals surface area contributed by atoms with E-state index in [1.54, 1.807) is 12.3 Å². The van der Waals surface area contributed by atoms with Gasteiger partial charge < -0.3 is 19.3 Å². The van der Waals surface area contributed by atoms with Crippen LogP contribution in [0.15, 0.2) is 30.5 Å². The highest BCUT2D eigenvalue weighted by Crippen LogP contribution is 2.35. The molecule has 4 rings (SSSR count). The number of rotatable bonds is 7. The summed E-state index contributed by atoms with van der Waals surface area (Å²) in [4.78, 5) is 25.6. The first-order valence-corrected chi connectivity index (χ1v) is 11.3. The van der Waals surface area contributed by atoms with E-state index in [1.165, 1.54) is 12.1 Å². The summed E-state index contributed by atoms with van der Waals surface area (Å²) < 4.78 is 25.0. The molecule has 3 heterocycles. The first kappa shape index (κ1) is 22.6. The second-order valence-corrected chi connectivity index (χ2v) is 8.68. The zero-order valence-corrected chi connectivity index (χ0v) is 18.8. The predicted molar refractivity (Wildman–Crippen MR) is 120 cm³/mol. The number of halogens is 1. The van der Waals surface area contributed by atoms with Crippen LogP contribution in [-0.4, -0.2) is 73.9 Å². The SMILES string of the molecule is CN(C)c1ncc(-c2cccc(F)c2)c(C2CCN(C(=O)COCC3CCCO3)CC2)n1. The van der Waals surface area contributed by atoms with E-state index in [0.29, 0.717) is 25.6 Å². The van der Waals surface area contributed by atoms with E-state index in [2.05, 4.69) is 4.98 Å². The predicted octanol–water partition coefficient (Wildman–Crippen LogP) is 3.25. The van der Waals surface area contributed by atoms with Gasteiger partial charge in [-0.3, -0.25) is 4.79 Å². The van der Waals surface area contributed by atoms with Crippen molar-refractivity contribution in [2.45, 2.75) is 37.7 Å². The Balaban J connectivity index is 1.41. The minimum atomic E-state index is -0.284. The third-order valence-corrected chi connectivity index (χ3v) is 6.13. The maximum Gasteiger partial charge on any atom is 0.248 e. The molecule has 32 heavy (non-hydrogen) atoms. The minimum absolute atomic E-state index is 0.0171. The monoisotopic (exact) mass is 442 g/mol. The van der Waals surface area contributed by atoms with Gasteiger partial charge in [-0.25, -0.2) is 14.4 Å². The van der Waals surface area contributed by atoms with Crippen LogP contribution in [0.4, 0.5) is 10.3 Å². The summed E-state index contributed by atoms with van der Waals surface area (Å²) in [7, 11) is 3.80. The van der Waals surface area contributed by atoms with E-state index in [4.69, 9.17) is 14.5 Å². The molecule has 0 spiro atoms. The van der Waals surface area contributed by atoms with Gasteiger partial charge in [0, 0.05) is 51.5 Å². The molecule has 1 aromatic heterocycles. The molecule has 0 bridgehead atoms. The van der Waals surface area contributed by atoms with Crippen molar-refractivity contribution < 1.29 is 18.7 Å². The Kier molecular flexibility index (Phi) is 7.32. The molecule has 0 radical (unpaired) electrons. The lowest BCUT2D eigenvalue weighted by Crippen LogP contribution is -2.40. The quantitative estimate of drug-likeness (QED) is 0.656. The summed E-state index contributed by atoms with van der Waals surface area (Å²) >= 11 is 0. The third-order valence-electron chi connectivity index (χ3n) is 6.13. The van der Waals surface area contributed by atoms with Gasteiger partial charge in [0.1, 0.15) is 12.4 Å². The van der Waals surface area contributed by atoms with Gasteiger partial charge in [-0.1, -0.05) is 12.1 Å². The zero-order chi connectivity index (χ0) is 22.5. The van der Waals surface area contributed by atoms with Crippen molar-refractivity contribution in [2.75, 3.05) is 51.9 Å². The van der Waals surface area contributed by atoms with Crippen LogP contribution in [0.5, 0.6) is 0 Å². The molecule has 2 aliphatic heterocycles. The molecule has 2 aromatic rings. The summed E-state index contributed by atoms with van der Waals surface area (Å²) in [5, 5.41) is 0. The number of piperidine rings is 1. The fraction of sp³-hybridized carbons (Fsp3) is 0.542. The molecule has 2 fully saturated rings. The molecular formula is C24H31FN4O3. The Morgan fingerprint density at radius 2 is 2.09 bits per heavy atom. The number of carbonyl (C=O) groups is 1. The second kappa shape index (κ2) is 10.4. The Hall–Kier alpha value is -2.58. The normalized spacial score (nSPS) is 19.3. The van der Waals surface area contributed by atoms with Gasteiger partial charge in [0.25, 0.3) is 0 Å². The largest absolute Gasteiger partial charge is 0.376 e. The number of nitrogens with zero attached hydrogens (tertiary/aromatic N) is 4. The van der Waals surface area contributed by atoms with Gasteiger partial charge in [0.15, 0.2) is 0 Å². The lowest BCUT2D eigenvalue weighted by Gasteiger charge is -2.32. The second-order valence-electron chi connectivity index (χ2n) is 8.68. The lowest BCUT2D eigenvalue weighted by molar-refractivity contribution is -0.138. The van der Waals surface area contributed by atoms with Crippen LogP contribution in [0.2, 0.25) is 0 Å². The molecule has 2 saturated heterocycles. The molecule has 1 atom stereocenters. The topological polar surface area (TPSA) is 67.8 Å². The van der Waals surface area contributed by atoms with E-state index < -0.39 is 0 Å². The van der Waals surface area contributed by atoms with Crippen molar-refractivity contribution in [1.29, 1.82) is 0 Å². The Morgan fingerprint density at radius 1 is 1.28 bits per heavy atom. The van der Waals surface area contributed by atoms with Crippen LogP contribution in [0.1, 0.15) is 37.3 Å². The number of aromatic nitrogens is 2. The molecule has 7 nitrogen and oxygen atoms in total. The van der Waals surface area contributed by atoms with Crippen LogP contribution >= 0.6 is 0 Å². The van der Waals surface area contributed by atoms with Gasteiger partial charge in [0.05, 0.1) is 18.4 Å². The lowest BCUT2D eigenvalue weighted by atomic mass is 9.89. The van der Waals surface area contributed by atoms with Crippen molar-refractivity contribution in [1.82, 2.24) is 14.9 Å². The van der Waals surface area contributed by atoms with Crippen molar-refractivity contribution in [2.24, 2.45) is 0 Å². The van der Waals surface area contributed by atoms with E-state index in [0.717, 1.165) is 49.1 Å². The number of benzene rings is 1. The van der Waals surface area contributed by atoms with Crippen LogP contribution in [0.3, 0.4) is 0 Å². The number of carbonyl (C=O) groups excluding carboxylic acids is 1. The molecule has 8 heteroatoms. The molecule has 0 N–H and O–H groups in total. The van der Waals surface area contributed by atoms with Gasteiger partial charge in [-0.2, -0.15) is 0 Å². The summed E-state index contributed by atoms with van der Waals surface area (Å²) in [5.74, 6) is 0.532. The van der Waals surface area contributed by atoms with Gasteiger partial charge in [-0.15, -0.1) is 0 Å². The van der Waals surface area contributed by atoms with E-state index in [1.807, 2.05) is 30.0 Å². The van der Waals surface area contributed by atoms with Crippen LogP contribution < -0.4 is 4.90 Å². The van der Waals surface area contributed by atoms with Crippen LogP contribution in [-0.2, 0) is 14.3 Å². The first-order valence-electron chi connectivity index (χ1n) is 11.3. The number of amides is 1. The number of anilines is 1.